The predicted octanol–water partition coefficient (Wildman–Crippen LogP) is 4.67. The molecule has 0 heterocycles. The lowest BCUT2D eigenvalue weighted by Gasteiger charge is -2.26. The van der Waals surface area contributed by atoms with Crippen molar-refractivity contribution in [3.05, 3.63) is 23.8 Å². The van der Waals surface area contributed by atoms with E-state index in [1.54, 1.807) is 12.1 Å². The maximum Gasteiger partial charge on any atom is 0.305 e. The zero-order valence-electron chi connectivity index (χ0n) is 14.6. The topological polar surface area (TPSA) is 66.8 Å². The van der Waals surface area contributed by atoms with Gasteiger partial charge < -0.3 is 14.9 Å². The number of phenolic OH excluding ortho intramolecular Hbond substituents is 2. The number of carbonyl (C=O) groups is 1. The summed E-state index contributed by atoms with van der Waals surface area (Å²) in [5.74, 6) is -0.00516. The molecule has 130 valence electrons. The maximum atomic E-state index is 11.7. The highest BCUT2D eigenvalue weighted by atomic mass is 16.5. The van der Waals surface area contributed by atoms with Crippen molar-refractivity contribution in [2.24, 2.45) is 0 Å². The van der Waals surface area contributed by atoms with E-state index in [1.165, 1.54) is 18.9 Å². The lowest BCUT2D eigenvalue weighted by atomic mass is 9.79. The SMILES string of the molecule is CCCCCCOC(=O)CCCC(C)(C)c1ccc(O)cc1O. The Morgan fingerprint density at radius 3 is 2.52 bits per heavy atom. The van der Waals surface area contributed by atoms with Gasteiger partial charge in [-0.2, -0.15) is 0 Å². The second-order valence-electron chi connectivity index (χ2n) is 6.72. The van der Waals surface area contributed by atoms with Crippen molar-refractivity contribution in [3.8, 4) is 11.5 Å². The van der Waals surface area contributed by atoms with Crippen LogP contribution in [-0.4, -0.2) is 22.8 Å². The first-order valence-electron chi connectivity index (χ1n) is 8.55. The molecule has 0 bridgehead atoms. The van der Waals surface area contributed by atoms with Gasteiger partial charge in [0.15, 0.2) is 0 Å². The van der Waals surface area contributed by atoms with Crippen LogP contribution in [0.1, 0.15) is 71.3 Å². The van der Waals surface area contributed by atoms with Crippen molar-refractivity contribution in [2.75, 3.05) is 6.61 Å². The molecule has 0 fully saturated rings. The van der Waals surface area contributed by atoms with Crippen molar-refractivity contribution < 1.29 is 19.7 Å². The predicted molar refractivity (Wildman–Crippen MR) is 91.7 cm³/mol. The number of benzene rings is 1. The van der Waals surface area contributed by atoms with E-state index in [0.717, 1.165) is 24.8 Å². The van der Waals surface area contributed by atoms with E-state index in [0.29, 0.717) is 19.4 Å². The average molecular weight is 322 g/mol. The Kier molecular flexibility index (Phi) is 7.93. The average Bonchev–Trinajstić information content (AvgIpc) is 2.46. The van der Waals surface area contributed by atoms with Gasteiger partial charge in [0.1, 0.15) is 11.5 Å². The molecule has 0 aromatic heterocycles. The number of hydrogen-bond donors (Lipinski definition) is 2. The summed E-state index contributed by atoms with van der Waals surface area (Å²) < 4.78 is 5.23. The Morgan fingerprint density at radius 2 is 1.87 bits per heavy atom. The number of unbranched alkanes of at least 4 members (excludes halogenated alkanes) is 3. The van der Waals surface area contributed by atoms with Gasteiger partial charge in [0.2, 0.25) is 0 Å². The van der Waals surface area contributed by atoms with Crippen LogP contribution in [0.15, 0.2) is 18.2 Å². The summed E-state index contributed by atoms with van der Waals surface area (Å²) in [5.41, 5.74) is 0.516. The summed E-state index contributed by atoms with van der Waals surface area (Å²) in [6.45, 7) is 6.71. The third-order valence-corrected chi connectivity index (χ3v) is 4.15. The molecule has 4 nitrogen and oxygen atoms in total. The summed E-state index contributed by atoms with van der Waals surface area (Å²) in [6.07, 6.45) is 6.27. The molecule has 1 aromatic carbocycles. The van der Waals surface area contributed by atoms with Gasteiger partial charge in [-0.15, -0.1) is 0 Å². The Bertz CT molecular complexity index is 494. The van der Waals surface area contributed by atoms with Gasteiger partial charge in [-0.3, -0.25) is 4.79 Å². The lowest BCUT2D eigenvalue weighted by Crippen LogP contribution is -2.18. The van der Waals surface area contributed by atoms with Gasteiger partial charge in [-0.25, -0.2) is 0 Å². The van der Waals surface area contributed by atoms with Crippen LogP contribution in [0.4, 0.5) is 0 Å². The minimum atomic E-state index is -0.265. The van der Waals surface area contributed by atoms with Gasteiger partial charge in [-0.05, 0) is 36.3 Å². The van der Waals surface area contributed by atoms with E-state index in [2.05, 4.69) is 6.92 Å². The molecule has 2 N–H and O–H groups in total. The minimum Gasteiger partial charge on any atom is -0.508 e. The molecule has 0 saturated heterocycles. The van der Waals surface area contributed by atoms with Gasteiger partial charge in [0.25, 0.3) is 0 Å². The number of carbonyl (C=O) groups excluding carboxylic acids is 1. The molecular weight excluding hydrogens is 292 g/mol. The van der Waals surface area contributed by atoms with E-state index in [1.807, 2.05) is 13.8 Å². The minimum absolute atomic E-state index is 0.0497. The fourth-order valence-electron chi connectivity index (χ4n) is 2.69. The molecule has 0 amide bonds. The Balaban J connectivity index is 2.34. The van der Waals surface area contributed by atoms with Crippen LogP contribution < -0.4 is 0 Å². The van der Waals surface area contributed by atoms with Gasteiger partial charge >= 0.3 is 5.97 Å². The molecule has 1 aromatic rings. The molecule has 0 radical (unpaired) electrons. The van der Waals surface area contributed by atoms with Crippen LogP contribution in [0.3, 0.4) is 0 Å². The lowest BCUT2D eigenvalue weighted by molar-refractivity contribution is -0.143. The first-order valence-corrected chi connectivity index (χ1v) is 8.55. The molecule has 0 saturated carbocycles. The third kappa shape index (κ3) is 6.93. The highest BCUT2D eigenvalue weighted by Gasteiger charge is 2.24. The van der Waals surface area contributed by atoms with Gasteiger partial charge in [-0.1, -0.05) is 46.1 Å². The van der Waals surface area contributed by atoms with Crippen molar-refractivity contribution in [3.63, 3.8) is 0 Å². The fraction of sp³-hybridized carbons (Fsp3) is 0.632. The molecule has 4 heteroatoms. The molecule has 0 atom stereocenters. The normalized spacial score (nSPS) is 11.4. The standard InChI is InChI=1S/C19H30O4/c1-4-5-6-7-13-23-18(22)9-8-12-19(2,3)16-11-10-15(20)14-17(16)21/h10-11,14,20-21H,4-9,12-13H2,1-3H3. The maximum absolute atomic E-state index is 11.7. The van der Waals surface area contributed by atoms with E-state index < -0.39 is 0 Å². The molecular formula is C19H30O4. The van der Waals surface area contributed by atoms with Crippen LogP contribution in [0.5, 0.6) is 11.5 Å². The highest BCUT2D eigenvalue weighted by Crippen LogP contribution is 2.36. The first kappa shape index (κ1) is 19.3. The van der Waals surface area contributed by atoms with E-state index >= 15 is 0 Å². The number of ether oxygens (including phenoxy) is 1. The number of aromatic hydroxyl groups is 2. The van der Waals surface area contributed by atoms with Crippen molar-refractivity contribution >= 4 is 5.97 Å². The smallest absolute Gasteiger partial charge is 0.305 e. The fourth-order valence-corrected chi connectivity index (χ4v) is 2.69. The van der Waals surface area contributed by atoms with Gasteiger partial charge in [0, 0.05) is 12.5 Å². The van der Waals surface area contributed by atoms with Crippen LogP contribution in [0.2, 0.25) is 0 Å². The molecule has 0 spiro atoms. The van der Waals surface area contributed by atoms with Crippen molar-refractivity contribution in [2.45, 2.75) is 71.1 Å². The molecule has 23 heavy (non-hydrogen) atoms. The molecule has 0 aliphatic carbocycles. The largest absolute Gasteiger partial charge is 0.508 e. The molecule has 0 aliphatic rings. The number of esters is 1. The molecule has 1 rings (SSSR count). The number of hydrogen-bond acceptors (Lipinski definition) is 4. The molecule has 0 unspecified atom stereocenters. The first-order chi connectivity index (χ1) is 10.9. The van der Waals surface area contributed by atoms with E-state index in [-0.39, 0.29) is 22.9 Å². The zero-order valence-corrected chi connectivity index (χ0v) is 14.6. The second kappa shape index (κ2) is 9.43. The number of rotatable bonds is 10. The van der Waals surface area contributed by atoms with Crippen LogP contribution in [0.25, 0.3) is 0 Å². The van der Waals surface area contributed by atoms with Crippen LogP contribution in [-0.2, 0) is 14.9 Å². The van der Waals surface area contributed by atoms with Crippen LogP contribution >= 0.6 is 0 Å². The Morgan fingerprint density at radius 1 is 1.13 bits per heavy atom. The van der Waals surface area contributed by atoms with Crippen LogP contribution in [0, 0.1) is 0 Å². The summed E-state index contributed by atoms with van der Waals surface area (Å²) in [6, 6.07) is 4.65. The Hall–Kier alpha value is -1.71. The van der Waals surface area contributed by atoms with E-state index in [9.17, 15) is 15.0 Å². The Labute approximate surface area is 139 Å². The molecule has 0 aliphatic heterocycles. The second-order valence-corrected chi connectivity index (χ2v) is 6.72. The van der Waals surface area contributed by atoms with Crippen molar-refractivity contribution in [1.29, 1.82) is 0 Å². The van der Waals surface area contributed by atoms with Crippen molar-refractivity contribution in [1.82, 2.24) is 0 Å². The third-order valence-electron chi connectivity index (χ3n) is 4.15. The quantitative estimate of drug-likeness (QED) is 0.485. The highest BCUT2D eigenvalue weighted by molar-refractivity contribution is 5.69. The zero-order chi connectivity index (χ0) is 17.3. The monoisotopic (exact) mass is 322 g/mol. The summed E-state index contributed by atoms with van der Waals surface area (Å²) in [7, 11) is 0. The number of phenols is 2. The van der Waals surface area contributed by atoms with E-state index in [4.69, 9.17) is 4.74 Å². The van der Waals surface area contributed by atoms with Gasteiger partial charge in [0.05, 0.1) is 6.61 Å². The summed E-state index contributed by atoms with van der Waals surface area (Å²) >= 11 is 0. The summed E-state index contributed by atoms with van der Waals surface area (Å²) in [5, 5.41) is 19.3. The summed E-state index contributed by atoms with van der Waals surface area (Å²) in [4.78, 5) is 11.7.